The van der Waals surface area contributed by atoms with Crippen LogP contribution in [0.25, 0.3) is 0 Å². The zero-order valence-corrected chi connectivity index (χ0v) is 22.9. The highest BCUT2D eigenvalue weighted by atomic mass is 127. The van der Waals surface area contributed by atoms with Crippen molar-refractivity contribution in [1.82, 2.24) is 20.4 Å². The fourth-order valence-corrected chi connectivity index (χ4v) is 3.59. The van der Waals surface area contributed by atoms with Gasteiger partial charge >= 0.3 is 6.09 Å². The molecule has 8 heteroatoms. The Morgan fingerprint density at radius 2 is 1.75 bits per heavy atom. The first-order valence-corrected chi connectivity index (χ1v) is 11.3. The Bertz CT molecular complexity index is 710. The average Bonchev–Trinajstić information content (AvgIpc) is 2.71. The van der Waals surface area contributed by atoms with Crippen LogP contribution in [0.15, 0.2) is 29.3 Å². The van der Waals surface area contributed by atoms with E-state index in [0.717, 1.165) is 24.0 Å². The van der Waals surface area contributed by atoms with E-state index in [9.17, 15) is 4.79 Å². The van der Waals surface area contributed by atoms with E-state index in [0.29, 0.717) is 13.1 Å². The first-order valence-electron chi connectivity index (χ1n) is 11.3. The standard InChI is InChI=1S/C24H41N5O2.HI/c1-24(2,3)31-23(30)29(6)18-21-9-7-20(8-10-21)17-27-22(25-4)26-14-11-19-12-15-28(5)16-13-19;/h7-10,19H,11-18H2,1-6H3,(H2,25,26,27);1H. The largest absolute Gasteiger partial charge is 0.444 e. The Morgan fingerprint density at radius 3 is 2.31 bits per heavy atom. The third-order valence-electron chi connectivity index (χ3n) is 5.51. The summed E-state index contributed by atoms with van der Waals surface area (Å²) in [6, 6.07) is 8.26. The van der Waals surface area contributed by atoms with Crippen molar-refractivity contribution in [3.05, 3.63) is 35.4 Å². The molecule has 1 aliphatic rings. The Kier molecular flexibility index (Phi) is 12.3. The number of nitrogens with one attached hydrogen (secondary N) is 2. The molecule has 2 N–H and O–H groups in total. The van der Waals surface area contributed by atoms with E-state index >= 15 is 0 Å². The van der Waals surface area contributed by atoms with Crippen LogP contribution in [0.1, 0.15) is 51.2 Å². The summed E-state index contributed by atoms with van der Waals surface area (Å²) in [6.07, 6.45) is 3.46. The van der Waals surface area contributed by atoms with Crippen LogP contribution in [0, 0.1) is 5.92 Å². The number of carbonyl (C=O) groups is 1. The Balaban J connectivity index is 0.00000512. The summed E-state index contributed by atoms with van der Waals surface area (Å²) in [4.78, 5) is 20.4. The zero-order valence-electron chi connectivity index (χ0n) is 20.6. The van der Waals surface area contributed by atoms with Crippen molar-refractivity contribution in [3.8, 4) is 0 Å². The Morgan fingerprint density at radius 1 is 1.16 bits per heavy atom. The molecule has 0 spiro atoms. The summed E-state index contributed by atoms with van der Waals surface area (Å²) in [7, 11) is 5.76. The first-order chi connectivity index (χ1) is 14.7. The van der Waals surface area contributed by atoms with E-state index in [-0.39, 0.29) is 30.1 Å². The van der Waals surface area contributed by atoms with Crippen LogP contribution in [-0.4, -0.2) is 68.2 Å². The molecular formula is C24H42IN5O2. The summed E-state index contributed by atoms with van der Waals surface area (Å²) >= 11 is 0. The van der Waals surface area contributed by atoms with Gasteiger partial charge in [-0.25, -0.2) is 4.79 Å². The number of hydrogen-bond donors (Lipinski definition) is 2. The second-order valence-corrected chi connectivity index (χ2v) is 9.54. The number of hydrogen-bond acceptors (Lipinski definition) is 4. The third kappa shape index (κ3) is 10.8. The maximum atomic E-state index is 12.1. The monoisotopic (exact) mass is 559 g/mol. The van der Waals surface area contributed by atoms with E-state index < -0.39 is 5.60 Å². The number of carbonyl (C=O) groups excluding carboxylic acids is 1. The number of aliphatic imine (C=N–C) groups is 1. The van der Waals surface area contributed by atoms with Gasteiger partial charge in [-0.3, -0.25) is 4.99 Å². The van der Waals surface area contributed by atoms with Crippen molar-refractivity contribution in [2.75, 3.05) is 40.8 Å². The number of ether oxygens (including phenoxy) is 1. The Hall–Kier alpha value is -1.55. The van der Waals surface area contributed by atoms with Crippen LogP contribution < -0.4 is 10.6 Å². The molecule has 7 nitrogen and oxygen atoms in total. The molecule has 1 saturated heterocycles. The molecule has 32 heavy (non-hydrogen) atoms. The van der Waals surface area contributed by atoms with Gasteiger partial charge in [0.05, 0.1) is 0 Å². The molecule has 1 fully saturated rings. The second kappa shape index (κ2) is 13.9. The van der Waals surface area contributed by atoms with Gasteiger partial charge in [-0.1, -0.05) is 24.3 Å². The van der Waals surface area contributed by atoms with E-state index in [1.165, 1.54) is 37.9 Å². The van der Waals surface area contributed by atoms with Crippen molar-refractivity contribution >= 4 is 36.0 Å². The predicted molar refractivity (Wildman–Crippen MR) is 143 cm³/mol. The number of rotatable bonds is 7. The lowest BCUT2D eigenvalue weighted by atomic mass is 9.94. The maximum Gasteiger partial charge on any atom is 0.410 e. The number of nitrogens with zero attached hydrogens (tertiary/aromatic N) is 3. The van der Waals surface area contributed by atoms with Crippen LogP contribution in [0.4, 0.5) is 4.79 Å². The lowest BCUT2D eigenvalue weighted by Crippen LogP contribution is -2.38. The molecule has 1 aromatic carbocycles. The molecule has 0 aromatic heterocycles. The van der Waals surface area contributed by atoms with Crippen molar-refractivity contribution in [3.63, 3.8) is 0 Å². The van der Waals surface area contributed by atoms with Gasteiger partial charge in [-0.15, -0.1) is 24.0 Å². The molecule has 1 aliphatic heterocycles. The SMILES string of the molecule is CN=C(NCCC1CCN(C)CC1)NCc1ccc(CN(C)C(=O)OC(C)(C)C)cc1.I. The molecule has 0 aliphatic carbocycles. The molecule has 1 heterocycles. The van der Waals surface area contributed by atoms with Crippen molar-refractivity contribution in [2.45, 2.75) is 58.7 Å². The van der Waals surface area contributed by atoms with Gasteiger partial charge in [-0.2, -0.15) is 0 Å². The number of piperidine rings is 1. The lowest BCUT2D eigenvalue weighted by molar-refractivity contribution is 0.0285. The van der Waals surface area contributed by atoms with Gasteiger partial charge in [0.15, 0.2) is 5.96 Å². The summed E-state index contributed by atoms with van der Waals surface area (Å²) in [5, 5.41) is 6.81. The molecule has 1 aromatic rings. The second-order valence-electron chi connectivity index (χ2n) is 9.54. The van der Waals surface area contributed by atoms with E-state index in [1.807, 2.05) is 32.9 Å². The van der Waals surface area contributed by atoms with Crippen molar-refractivity contribution in [2.24, 2.45) is 10.9 Å². The number of halogens is 1. The molecule has 0 radical (unpaired) electrons. The van der Waals surface area contributed by atoms with Gasteiger partial charge < -0.3 is 25.2 Å². The highest BCUT2D eigenvalue weighted by Crippen LogP contribution is 2.18. The lowest BCUT2D eigenvalue weighted by Gasteiger charge is -2.29. The normalized spacial score (nSPS) is 15.6. The number of likely N-dealkylation sites (tertiary alicyclic amines) is 1. The van der Waals surface area contributed by atoms with Crippen LogP contribution in [-0.2, 0) is 17.8 Å². The molecule has 0 unspecified atom stereocenters. The minimum atomic E-state index is -0.486. The number of benzene rings is 1. The summed E-state index contributed by atoms with van der Waals surface area (Å²) in [5.41, 5.74) is 1.75. The van der Waals surface area contributed by atoms with Crippen LogP contribution in [0.2, 0.25) is 0 Å². The topological polar surface area (TPSA) is 69.2 Å². The number of guanidine groups is 1. The van der Waals surface area contributed by atoms with Gasteiger partial charge in [0, 0.05) is 33.7 Å². The minimum absolute atomic E-state index is 0. The van der Waals surface area contributed by atoms with Gasteiger partial charge in [-0.05, 0) is 77.2 Å². The minimum Gasteiger partial charge on any atom is -0.444 e. The maximum absolute atomic E-state index is 12.1. The van der Waals surface area contributed by atoms with Crippen LogP contribution in [0.3, 0.4) is 0 Å². The molecule has 0 bridgehead atoms. The molecule has 1 amide bonds. The van der Waals surface area contributed by atoms with Gasteiger partial charge in [0.1, 0.15) is 5.60 Å². The third-order valence-corrected chi connectivity index (χ3v) is 5.51. The fourth-order valence-electron chi connectivity index (χ4n) is 3.59. The number of amides is 1. The van der Waals surface area contributed by atoms with Crippen molar-refractivity contribution < 1.29 is 9.53 Å². The molecule has 0 atom stereocenters. The predicted octanol–water partition coefficient (Wildman–Crippen LogP) is 4.07. The van der Waals surface area contributed by atoms with E-state index in [4.69, 9.17) is 4.74 Å². The zero-order chi connectivity index (χ0) is 22.9. The van der Waals surface area contributed by atoms with E-state index in [2.05, 4.69) is 39.7 Å². The molecule has 0 saturated carbocycles. The van der Waals surface area contributed by atoms with E-state index in [1.54, 1.807) is 19.0 Å². The summed E-state index contributed by atoms with van der Waals surface area (Å²) in [6.45, 7) is 10.2. The summed E-state index contributed by atoms with van der Waals surface area (Å²) in [5.74, 6) is 1.65. The fraction of sp³-hybridized carbons (Fsp3) is 0.667. The summed E-state index contributed by atoms with van der Waals surface area (Å²) < 4.78 is 5.40. The molecule has 2 rings (SSSR count). The van der Waals surface area contributed by atoms with Gasteiger partial charge in [0.2, 0.25) is 0 Å². The smallest absolute Gasteiger partial charge is 0.410 e. The van der Waals surface area contributed by atoms with Crippen LogP contribution >= 0.6 is 24.0 Å². The highest BCUT2D eigenvalue weighted by molar-refractivity contribution is 14.0. The van der Waals surface area contributed by atoms with Crippen molar-refractivity contribution in [1.29, 1.82) is 0 Å². The first kappa shape index (κ1) is 28.5. The molecule has 182 valence electrons. The Labute approximate surface area is 211 Å². The quantitative estimate of drug-likeness (QED) is 0.300. The highest BCUT2D eigenvalue weighted by Gasteiger charge is 2.19. The molecular weight excluding hydrogens is 517 g/mol. The van der Waals surface area contributed by atoms with Crippen LogP contribution in [0.5, 0.6) is 0 Å². The average molecular weight is 560 g/mol. The van der Waals surface area contributed by atoms with Gasteiger partial charge in [0.25, 0.3) is 0 Å².